The molecule has 0 aliphatic heterocycles. The summed E-state index contributed by atoms with van der Waals surface area (Å²) in [5.41, 5.74) is 0. The molecule has 0 aromatic carbocycles. The monoisotopic (exact) mass is 232 g/mol. The van der Waals surface area contributed by atoms with Crippen LogP contribution in [0.3, 0.4) is 0 Å². The van der Waals surface area contributed by atoms with Crippen LogP contribution in [0.25, 0.3) is 0 Å². The number of ketones is 1. The Hall–Kier alpha value is -0.380. The number of carbonyl (C=O) groups excluding carboxylic acids is 1. The van der Waals surface area contributed by atoms with Crippen molar-refractivity contribution in [2.24, 2.45) is 5.92 Å². The number of rotatable bonds is 5. The van der Waals surface area contributed by atoms with E-state index in [1.807, 2.05) is 0 Å². The van der Waals surface area contributed by atoms with Crippen LogP contribution in [-0.4, -0.2) is 25.7 Å². The first-order chi connectivity index (χ1) is 7.03. The summed E-state index contributed by atoms with van der Waals surface area (Å²) in [6, 6.07) is 0. The van der Waals surface area contributed by atoms with E-state index in [1.165, 1.54) is 0 Å². The van der Waals surface area contributed by atoms with E-state index >= 15 is 0 Å². The van der Waals surface area contributed by atoms with Crippen molar-refractivity contribution >= 4 is 15.6 Å². The van der Waals surface area contributed by atoms with Crippen molar-refractivity contribution in [1.82, 2.24) is 0 Å². The van der Waals surface area contributed by atoms with Gasteiger partial charge in [0, 0.05) is 18.6 Å². The molecule has 0 aromatic rings. The third-order valence-electron chi connectivity index (χ3n) is 3.09. The van der Waals surface area contributed by atoms with Gasteiger partial charge in [0.05, 0.1) is 5.75 Å². The molecular formula is C11H20O3S. The lowest BCUT2D eigenvalue weighted by Crippen LogP contribution is -2.16. The Balaban J connectivity index is 2.23. The van der Waals surface area contributed by atoms with Gasteiger partial charge in [0.2, 0.25) is 0 Å². The maximum atomic E-state index is 11.2. The largest absolute Gasteiger partial charge is 0.300 e. The zero-order chi connectivity index (χ0) is 11.3. The Morgan fingerprint density at radius 2 is 2.13 bits per heavy atom. The van der Waals surface area contributed by atoms with E-state index in [0.29, 0.717) is 24.5 Å². The van der Waals surface area contributed by atoms with Gasteiger partial charge in [-0.3, -0.25) is 4.79 Å². The second-order valence-corrected chi connectivity index (χ2v) is 6.85. The predicted octanol–water partition coefficient (Wildman–Crippen LogP) is 1.96. The number of hydrogen-bond donors (Lipinski definition) is 0. The van der Waals surface area contributed by atoms with Crippen LogP contribution in [0.15, 0.2) is 0 Å². The first kappa shape index (κ1) is 12.7. The molecule has 1 fully saturated rings. The molecule has 15 heavy (non-hydrogen) atoms. The molecule has 0 aromatic heterocycles. The van der Waals surface area contributed by atoms with Crippen molar-refractivity contribution in [3.8, 4) is 0 Å². The highest BCUT2D eigenvalue weighted by Crippen LogP contribution is 2.25. The number of Topliss-reactive ketones (excluding diaryl/α,β-unsaturated/α-hetero) is 1. The smallest absolute Gasteiger partial charge is 0.150 e. The fraction of sp³-hybridized carbons (Fsp3) is 0.909. The van der Waals surface area contributed by atoms with Crippen molar-refractivity contribution in [2.45, 2.75) is 45.4 Å². The van der Waals surface area contributed by atoms with Gasteiger partial charge in [0.25, 0.3) is 0 Å². The second-order valence-electron chi connectivity index (χ2n) is 4.38. The van der Waals surface area contributed by atoms with Crippen LogP contribution in [0.2, 0.25) is 0 Å². The molecule has 1 rings (SSSR count). The van der Waals surface area contributed by atoms with Crippen molar-refractivity contribution in [3.05, 3.63) is 0 Å². The molecular weight excluding hydrogens is 212 g/mol. The highest BCUT2D eigenvalue weighted by atomic mass is 32.2. The summed E-state index contributed by atoms with van der Waals surface area (Å²) in [6.45, 7) is 1.68. The summed E-state index contributed by atoms with van der Waals surface area (Å²) in [5, 5.41) is 0. The standard InChI is InChI=1S/C11H20O3S/c1-2-15(13,14)8-4-6-10-5-3-7-11(12)9-10/h10H,2-9H2,1H3. The van der Waals surface area contributed by atoms with E-state index in [4.69, 9.17) is 0 Å². The highest BCUT2D eigenvalue weighted by molar-refractivity contribution is 7.91. The molecule has 88 valence electrons. The molecule has 1 unspecified atom stereocenters. The minimum atomic E-state index is -2.82. The van der Waals surface area contributed by atoms with Crippen molar-refractivity contribution in [3.63, 3.8) is 0 Å². The van der Waals surface area contributed by atoms with Gasteiger partial charge in [-0.15, -0.1) is 0 Å². The van der Waals surface area contributed by atoms with E-state index in [-0.39, 0.29) is 11.5 Å². The Labute approximate surface area is 92.2 Å². The topological polar surface area (TPSA) is 51.2 Å². The first-order valence-corrected chi connectivity index (χ1v) is 7.58. The van der Waals surface area contributed by atoms with Gasteiger partial charge in [-0.25, -0.2) is 8.42 Å². The van der Waals surface area contributed by atoms with Crippen LogP contribution in [0.4, 0.5) is 0 Å². The van der Waals surface area contributed by atoms with E-state index in [1.54, 1.807) is 6.92 Å². The SMILES string of the molecule is CCS(=O)(=O)CCCC1CCCC(=O)C1. The Kier molecular flexibility index (Phi) is 4.77. The molecule has 1 aliphatic carbocycles. The Bertz CT molecular complexity index is 306. The van der Waals surface area contributed by atoms with E-state index in [9.17, 15) is 13.2 Å². The molecule has 1 aliphatic rings. The van der Waals surface area contributed by atoms with Crippen molar-refractivity contribution < 1.29 is 13.2 Å². The van der Waals surface area contributed by atoms with Gasteiger partial charge >= 0.3 is 0 Å². The molecule has 1 atom stereocenters. The van der Waals surface area contributed by atoms with Crippen molar-refractivity contribution in [1.29, 1.82) is 0 Å². The van der Waals surface area contributed by atoms with Gasteiger partial charge in [-0.05, 0) is 31.6 Å². The quantitative estimate of drug-likeness (QED) is 0.728. The van der Waals surface area contributed by atoms with E-state index in [2.05, 4.69) is 0 Å². The average molecular weight is 232 g/mol. The minimum Gasteiger partial charge on any atom is -0.300 e. The summed E-state index contributed by atoms with van der Waals surface area (Å²) in [6.07, 6.45) is 5.09. The average Bonchev–Trinajstić information content (AvgIpc) is 2.18. The summed E-state index contributed by atoms with van der Waals surface area (Å²) in [5.74, 6) is 1.31. The summed E-state index contributed by atoms with van der Waals surface area (Å²) >= 11 is 0. The van der Waals surface area contributed by atoms with Gasteiger partial charge in [-0.2, -0.15) is 0 Å². The van der Waals surface area contributed by atoms with Gasteiger partial charge in [0.15, 0.2) is 0 Å². The van der Waals surface area contributed by atoms with Crippen molar-refractivity contribution in [2.75, 3.05) is 11.5 Å². The summed E-state index contributed by atoms with van der Waals surface area (Å²) in [4.78, 5) is 11.2. The normalized spacial score (nSPS) is 23.0. The van der Waals surface area contributed by atoms with Crippen LogP contribution < -0.4 is 0 Å². The maximum Gasteiger partial charge on any atom is 0.150 e. The molecule has 0 amide bonds. The molecule has 3 nitrogen and oxygen atoms in total. The molecule has 0 spiro atoms. The zero-order valence-electron chi connectivity index (χ0n) is 9.37. The molecule has 0 radical (unpaired) electrons. The van der Waals surface area contributed by atoms with E-state index in [0.717, 1.165) is 25.7 Å². The van der Waals surface area contributed by atoms with Crippen LogP contribution in [0.5, 0.6) is 0 Å². The fourth-order valence-electron chi connectivity index (χ4n) is 2.10. The molecule has 0 saturated heterocycles. The minimum absolute atomic E-state index is 0.233. The van der Waals surface area contributed by atoms with Gasteiger partial charge in [-0.1, -0.05) is 6.92 Å². The molecule has 0 heterocycles. The number of carbonyl (C=O) groups is 1. The first-order valence-electron chi connectivity index (χ1n) is 5.75. The predicted molar refractivity (Wildman–Crippen MR) is 60.5 cm³/mol. The zero-order valence-corrected chi connectivity index (χ0v) is 10.2. The Morgan fingerprint density at radius 1 is 1.40 bits per heavy atom. The van der Waals surface area contributed by atoms with Crippen LogP contribution in [0.1, 0.15) is 45.4 Å². The lowest BCUT2D eigenvalue weighted by molar-refractivity contribution is -0.121. The van der Waals surface area contributed by atoms with Gasteiger partial charge < -0.3 is 0 Å². The molecule has 1 saturated carbocycles. The highest BCUT2D eigenvalue weighted by Gasteiger charge is 2.19. The lowest BCUT2D eigenvalue weighted by atomic mass is 9.85. The van der Waals surface area contributed by atoms with Crippen LogP contribution in [-0.2, 0) is 14.6 Å². The summed E-state index contributed by atoms with van der Waals surface area (Å²) < 4.78 is 22.5. The molecule has 0 N–H and O–H groups in total. The molecule has 0 bridgehead atoms. The fourth-order valence-corrected chi connectivity index (χ4v) is 2.99. The van der Waals surface area contributed by atoms with Crippen LogP contribution in [0, 0.1) is 5.92 Å². The van der Waals surface area contributed by atoms with Crippen LogP contribution >= 0.6 is 0 Å². The van der Waals surface area contributed by atoms with E-state index < -0.39 is 9.84 Å². The Morgan fingerprint density at radius 3 is 2.73 bits per heavy atom. The third kappa shape index (κ3) is 4.78. The third-order valence-corrected chi connectivity index (χ3v) is 4.88. The number of hydrogen-bond acceptors (Lipinski definition) is 3. The summed E-state index contributed by atoms with van der Waals surface area (Å²) in [7, 11) is -2.82. The molecule has 4 heteroatoms. The lowest BCUT2D eigenvalue weighted by Gasteiger charge is -2.20. The maximum absolute atomic E-state index is 11.2. The number of sulfone groups is 1. The second kappa shape index (κ2) is 5.64. The van der Waals surface area contributed by atoms with Gasteiger partial charge in [0.1, 0.15) is 15.6 Å².